The zero-order chi connectivity index (χ0) is 16.4. The SMILES string of the molecule is O=C(NCc1nc(CN2CCCCC2)no1)C12CCC(CC1)CC2. The normalized spacial score (nSPS) is 30.4. The van der Waals surface area contributed by atoms with E-state index in [1.807, 2.05) is 0 Å². The summed E-state index contributed by atoms with van der Waals surface area (Å²) >= 11 is 0. The first kappa shape index (κ1) is 16.1. The maximum Gasteiger partial charge on any atom is 0.246 e. The maximum atomic E-state index is 12.7. The molecular formula is C18H28N4O2. The van der Waals surface area contributed by atoms with Gasteiger partial charge in [0.05, 0.1) is 13.1 Å². The molecule has 0 aromatic carbocycles. The molecule has 0 spiro atoms. The van der Waals surface area contributed by atoms with E-state index < -0.39 is 0 Å². The fraction of sp³-hybridized carbons (Fsp3) is 0.833. The molecule has 1 aromatic heterocycles. The van der Waals surface area contributed by atoms with Gasteiger partial charge in [-0.15, -0.1) is 0 Å². The number of nitrogens with one attached hydrogen (secondary N) is 1. The lowest BCUT2D eigenvalue weighted by Crippen LogP contribution is -2.46. The van der Waals surface area contributed by atoms with Crippen LogP contribution >= 0.6 is 0 Å². The number of piperidine rings is 1. The molecule has 5 rings (SSSR count). The van der Waals surface area contributed by atoms with Crippen LogP contribution in [0.1, 0.15) is 69.5 Å². The highest BCUT2D eigenvalue weighted by molar-refractivity contribution is 5.82. The van der Waals surface area contributed by atoms with E-state index in [-0.39, 0.29) is 11.3 Å². The summed E-state index contributed by atoms with van der Waals surface area (Å²) in [7, 11) is 0. The highest BCUT2D eigenvalue weighted by Gasteiger charge is 2.45. The highest BCUT2D eigenvalue weighted by atomic mass is 16.5. The number of fused-ring (bicyclic) bond motifs is 3. The fourth-order valence-electron chi connectivity index (χ4n) is 4.68. The Balaban J connectivity index is 1.29. The minimum atomic E-state index is -0.120. The van der Waals surface area contributed by atoms with Crippen LogP contribution in [-0.4, -0.2) is 34.0 Å². The quantitative estimate of drug-likeness (QED) is 0.897. The molecule has 1 saturated heterocycles. The number of hydrogen-bond donors (Lipinski definition) is 1. The number of hydrogen-bond acceptors (Lipinski definition) is 5. The average molecular weight is 332 g/mol. The molecule has 1 N–H and O–H groups in total. The summed E-state index contributed by atoms with van der Waals surface area (Å²) in [6.45, 7) is 3.34. The Hall–Kier alpha value is -1.43. The van der Waals surface area contributed by atoms with Crippen molar-refractivity contribution >= 4 is 5.91 Å². The van der Waals surface area contributed by atoms with Gasteiger partial charge in [0.2, 0.25) is 11.8 Å². The van der Waals surface area contributed by atoms with Gasteiger partial charge in [-0.3, -0.25) is 9.69 Å². The van der Waals surface area contributed by atoms with E-state index in [1.54, 1.807) is 0 Å². The molecule has 0 unspecified atom stereocenters. The first-order valence-electron chi connectivity index (χ1n) is 9.56. The van der Waals surface area contributed by atoms with Crippen molar-refractivity contribution in [3.63, 3.8) is 0 Å². The molecule has 4 fully saturated rings. The Morgan fingerprint density at radius 3 is 2.58 bits per heavy atom. The molecule has 4 aliphatic rings. The van der Waals surface area contributed by atoms with Crippen molar-refractivity contribution in [2.75, 3.05) is 13.1 Å². The third-order valence-electron chi connectivity index (χ3n) is 6.30. The number of amides is 1. The Morgan fingerprint density at radius 1 is 1.17 bits per heavy atom. The third-order valence-corrected chi connectivity index (χ3v) is 6.30. The van der Waals surface area contributed by atoms with Gasteiger partial charge < -0.3 is 9.84 Å². The molecule has 3 saturated carbocycles. The zero-order valence-electron chi connectivity index (χ0n) is 14.4. The van der Waals surface area contributed by atoms with Gasteiger partial charge in [0.25, 0.3) is 0 Å². The Kier molecular flexibility index (Phi) is 4.57. The number of aromatic nitrogens is 2. The Labute approximate surface area is 143 Å². The van der Waals surface area contributed by atoms with Crippen molar-refractivity contribution in [1.29, 1.82) is 0 Å². The van der Waals surface area contributed by atoms with Gasteiger partial charge in [-0.1, -0.05) is 11.6 Å². The maximum absolute atomic E-state index is 12.7. The summed E-state index contributed by atoms with van der Waals surface area (Å²) in [5, 5.41) is 7.12. The van der Waals surface area contributed by atoms with Crippen molar-refractivity contribution in [2.45, 2.75) is 70.9 Å². The van der Waals surface area contributed by atoms with Gasteiger partial charge in [0, 0.05) is 5.41 Å². The first-order valence-corrected chi connectivity index (χ1v) is 9.56. The molecule has 1 aromatic rings. The molecule has 2 heterocycles. The smallest absolute Gasteiger partial charge is 0.246 e. The lowest BCUT2D eigenvalue weighted by molar-refractivity contribution is -0.137. The summed E-state index contributed by atoms with van der Waals surface area (Å²) in [5.74, 6) is 2.32. The predicted octanol–water partition coefficient (Wildman–Crippen LogP) is 2.64. The van der Waals surface area contributed by atoms with Gasteiger partial charge in [0.1, 0.15) is 0 Å². The predicted molar refractivity (Wildman–Crippen MR) is 88.9 cm³/mol. The van der Waals surface area contributed by atoms with E-state index in [0.29, 0.717) is 12.4 Å². The molecule has 0 radical (unpaired) electrons. The van der Waals surface area contributed by atoms with Crippen LogP contribution in [0.2, 0.25) is 0 Å². The van der Waals surface area contributed by atoms with Crippen molar-refractivity contribution in [3.8, 4) is 0 Å². The first-order chi connectivity index (χ1) is 11.7. The van der Waals surface area contributed by atoms with Gasteiger partial charge in [0.15, 0.2) is 5.82 Å². The number of carbonyl (C=O) groups is 1. The molecular weight excluding hydrogens is 304 g/mol. The lowest BCUT2D eigenvalue weighted by atomic mass is 9.60. The molecule has 1 aliphatic heterocycles. The van der Waals surface area contributed by atoms with E-state index in [4.69, 9.17) is 4.52 Å². The topological polar surface area (TPSA) is 71.3 Å². The number of likely N-dealkylation sites (tertiary alicyclic amines) is 1. The van der Waals surface area contributed by atoms with Gasteiger partial charge in [-0.25, -0.2) is 0 Å². The van der Waals surface area contributed by atoms with Gasteiger partial charge in [-0.05, 0) is 70.4 Å². The average Bonchev–Trinajstić information content (AvgIpc) is 3.09. The van der Waals surface area contributed by atoms with Crippen LogP contribution in [0.5, 0.6) is 0 Å². The van der Waals surface area contributed by atoms with E-state index in [0.717, 1.165) is 50.6 Å². The van der Waals surface area contributed by atoms with Gasteiger partial charge in [-0.2, -0.15) is 4.98 Å². The van der Waals surface area contributed by atoms with Crippen molar-refractivity contribution in [3.05, 3.63) is 11.7 Å². The second-order valence-electron chi connectivity index (χ2n) is 7.89. The number of carbonyl (C=O) groups excluding carboxylic acids is 1. The fourth-order valence-corrected chi connectivity index (χ4v) is 4.68. The molecule has 3 aliphatic carbocycles. The Morgan fingerprint density at radius 2 is 1.88 bits per heavy atom. The molecule has 6 heteroatoms. The van der Waals surface area contributed by atoms with E-state index in [2.05, 4.69) is 20.4 Å². The second kappa shape index (κ2) is 6.82. The third kappa shape index (κ3) is 3.34. The van der Waals surface area contributed by atoms with Gasteiger partial charge >= 0.3 is 0 Å². The molecule has 24 heavy (non-hydrogen) atoms. The standard InChI is InChI=1S/C18H28N4O2/c23-17(18-7-4-14(5-8-18)6-9-18)19-12-16-20-15(21-24-16)13-22-10-2-1-3-11-22/h14H,1-13H2,(H,19,23). The second-order valence-corrected chi connectivity index (χ2v) is 7.89. The molecule has 2 bridgehead atoms. The number of rotatable bonds is 5. The Bertz CT molecular complexity index is 558. The monoisotopic (exact) mass is 332 g/mol. The van der Waals surface area contributed by atoms with Crippen LogP contribution < -0.4 is 5.32 Å². The van der Waals surface area contributed by atoms with Crippen molar-refractivity contribution in [1.82, 2.24) is 20.4 Å². The van der Waals surface area contributed by atoms with Crippen LogP contribution in [0.15, 0.2) is 4.52 Å². The van der Waals surface area contributed by atoms with E-state index >= 15 is 0 Å². The largest absolute Gasteiger partial charge is 0.347 e. The van der Waals surface area contributed by atoms with Crippen LogP contribution in [0.25, 0.3) is 0 Å². The van der Waals surface area contributed by atoms with Crippen molar-refractivity contribution in [2.24, 2.45) is 11.3 Å². The summed E-state index contributed by atoms with van der Waals surface area (Å²) in [6, 6.07) is 0. The molecule has 1 amide bonds. The van der Waals surface area contributed by atoms with E-state index in [9.17, 15) is 4.79 Å². The van der Waals surface area contributed by atoms with Crippen LogP contribution in [0, 0.1) is 11.3 Å². The van der Waals surface area contributed by atoms with Crippen LogP contribution in [0.3, 0.4) is 0 Å². The summed E-state index contributed by atoms with van der Waals surface area (Å²) in [5.41, 5.74) is -0.120. The lowest BCUT2D eigenvalue weighted by Gasteiger charge is -2.45. The highest BCUT2D eigenvalue weighted by Crippen LogP contribution is 2.50. The molecule has 6 nitrogen and oxygen atoms in total. The minimum absolute atomic E-state index is 0.120. The minimum Gasteiger partial charge on any atom is -0.347 e. The summed E-state index contributed by atoms with van der Waals surface area (Å²) in [4.78, 5) is 19.5. The zero-order valence-corrected chi connectivity index (χ0v) is 14.4. The molecule has 132 valence electrons. The molecule has 0 atom stereocenters. The number of nitrogens with zero attached hydrogens (tertiary/aromatic N) is 3. The van der Waals surface area contributed by atoms with Crippen LogP contribution in [-0.2, 0) is 17.9 Å². The van der Waals surface area contributed by atoms with Crippen LogP contribution in [0.4, 0.5) is 0 Å². The summed E-state index contributed by atoms with van der Waals surface area (Å²) in [6.07, 6.45) is 10.6. The van der Waals surface area contributed by atoms with E-state index in [1.165, 1.54) is 38.5 Å². The summed E-state index contributed by atoms with van der Waals surface area (Å²) < 4.78 is 5.32. The van der Waals surface area contributed by atoms with Crippen molar-refractivity contribution < 1.29 is 9.32 Å².